The van der Waals surface area contributed by atoms with Crippen molar-refractivity contribution in [1.29, 1.82) is 0 Å². The molecular formula is C22H22FN3O3S. The monoisotopic (exact) mass is 427 g/mol. The van der Waals surface area contributed by atoms with E-state index in [1.807, 2.05) is 24.4 Å². The van der Waals surface area contributed by atoms with Crippen LogP contribution in [-0.4, -0.2) is 34.8 Å². The summed E-state index contributed by atoms with van der Waals surface area (Å²) in [5.74, 6) is 0.388. The van der Waals surface area contributed by atoms with E-state index in [4.69, 9.17) is 4.42 Å². The first-order valence-electron chi connectivity index (χ1n) is 9.83. The molecule has 3 heterocycles. The number of halogens is 1. The van der Waals surface area contributed by atoms with Crippen molar-refractivity contribution in [3.63, 3.8) is 0 Å². The van der Waals surface area contributed by atoms with Gasteiger partial charge in [0.15, 0.2) is 5.76 Å². The van der Waals surface area contributed by atoms with Crippen LogP contribution in [0.25, 0.3) is 11.5 Å². The zero-order valence-corrected chi connectivity index (χ0v) is 17.4. The van der Waals surface area contributed by atoms with Gasteiger partial charge in [-0.3, -0.25) is 9.59 Å². The van der Waals surface area contributed by atoms with Crippen LogP contribution in [0.1, 0.15) is 34.0 Å². The fourth-order valence-corrected chi connectivity index (χ4v) is 4.16. The van der Waals surface area contributed by atoms with Crippen LogP contribution in [0.4, 0.5) is 4.39 Å². The van der Waals surface area contributed by atoms with Gasteiger partial charge in [0.25, 0.3) is 5.91 Å². The first-order chi connectivity index (χ1) is 14.5. The van der Waals surface area contributed by atoms with Crippen molar-refractivity contribution in [2.75, 3.05) is 13.1 Å². The minimum Gasteiger partial charge on any atom is -0.458 e. The Balaban J connectivity index is 1.33. The van der Waals surface area contributed by atoms with Crippen molar-refractivity contribution < 1.29 is 18.4 Å². The Hall–Kier alpha value is -3.00. The number of nitrogens with one attached hydrogen (secondary N) is 1. The number of benzene rings is 1. The molecule has 1 N–H and O–H groups in total. The van der Waals surface area contributed by atoms with Crippen molar-refractivity contribution in [1.82, 2.24) is 15.2 Å². The quantitative estimate of drug-likeness (QED) is 0.667. The molecule has 0 aliphatic carbocycles. The van der Waals surface area contributed by atoms with Gasteiger partial charge in [0.2, 0.25) is 5.91 Å². The Bertz CT molecular complexity index is 1040. The van der Waals surface area contributed by atoms with Crippen LogP contribution < -0.4 is 5.32 Å². The second kappa shape index (κ2) is 8.79. The van der Waals surface area contributed by atoms with Gasteiger partial charge in [-0.1, -0.05) is 0 Å². The average molecular weight is 428 g/mol. The fourth-order valence-electron chi connectivity index (χ4n) is 3.56. The molecule has 1 aliphatic heterocycles. The minimum absolute atomic E-state index is 0.103. The molecule has 1 saturated heterocycles. The summed E-state index contributed by atoms with van der Waals surface area (Å²) in [7, 11) is 0. The SMILES string of the molecule is Cc1nc(-c2ccc(CNC(=O)C3CCCN(C(=O)c4ccc(F)cc4)C3)o2)cs1. The molecule has 1 unspecified atom stereocenters. The number of hydrogen-bond acceptors (Lipinski definition) is 5. The summed E-state index contributed by atoms with van der Waals surface area (Å²) >= 11 is 1.56. The van der Waals surface area contributed by atoms with Gasteiger partial charge >= 0.3 is 0 Å². The summed E-state index contributed by atoms with van der Waals surface area (Å²) in [4.78, 5) is 31.4. The molecule has 2 aromatic heterocycles. The van der Waals surface area contributed by atoms with Crippen LogP contribution >= 0.6 is 11.3 Å². The fraction of sp³-hybridized carbons (Fsp3) is 0.318. The van der Waals surface area contributed by atoms with E-state index in [9.17, 15) is 14.0 Å². The number of furan rings is 1. The van der Waals surface area contributed by atoms with E-state index >= 15 is 0 Å². The third-order valence-electron chi connectivity index (χ3n) is 5.14. The van der Waals surface area contributed by atoms with Gasteiger partial charge in [-0.2, -0.15) is 0 Å². The standard InChI is InChI=1S/C22H22FN3O3S/c1-14-25-19(13-30-14)20-9-8-18(29-20)11-24-21(27)16-3-2-10-26(12-16)22(28)15-4-6-17(23)7-5-15/h4-9,13,16H,2-3,10-12H2,1H3,(H,24,27). The van der Waals surface area contributed by atoms with E-state index in [0.29, 0.717) is 30.2 Å². The van der Waals surface area contributed by atoms with E-state index in [2.05, 4.69) is 10.3 Å². The molecule has 1 aliphatic rings. The normalized spacial score (nSPS) is 16.5. The minimum atomic E-state index is -0.381. The second-order valence-electron chi connectivity index (χ2n) is 7.33. The highest BCUT2D eigenvalue weighted by Crippen LogP contribution is 2.24. The first-order valence-corrected chi connectivity index (χ1v) is 10.7. The number of carbonyl (C=O) groups excluding carboxylic acids is 2. The topological polar surface area (TPSA) is 75.4 Å². The maximum Gasteiger partial charge on any atom is 0.253 e. The van der Waals surface area contributed by atoms with E-state index < -0.39 is 0 Å². The van der Waals surface area contributed by atoms with Crippen molar-refractivity contribution in [3.05, 3.63) is 63.9 Å². The largest absolute Gasteiger partial charge is 0.458 e. The summed E-state index contributed by atoms with van der Waals surface area (Å²) in [6.07, 6.45) is 1.47. The highest BCUT2D eigenvalue weighted by molar-refractivity contribution is 7.09. The highest BCUT2D eigenvalue weighted by atomic mass is 32.1. The molecule has 0 radical (unpaired) electrons. The van der Waals surface area contributed by atoms with Crippen LogP contribution in [0.15, 0.2) is 46.2 Å². The molecule has 156 valence electrons. The van der Waals surface area contributed by atoms with Crippen LogP contribution in [-0.2, 0) is 11.3 Å². The lowest BCUT2D eigenvalue weighted by Crippen LogP contribution is -2.45. The Labute approximate surface area is 177 Å². The summed E-state index contributed by atoms with van der Waals surface area (Å²) < 4.78 is 18.9. The number of aromatic nitrogens is 1. The van der Waals surface area contributed by atoms with Crippen LogP contribution in [0.2, 0.25) is 0 Å². The number of carbonyl (C=O) groups is 2. The zero-order chi connectivity index (χ0) is 21.1. The van der Waals surface area contributed by atoms with Gasteiger partial charge < -0.3 is 14.6 Å². The Kier molecular flexibility index (Phi) is 5.94. The summed E-state index contributed by atoms with van der Waals surface area (Å²) in [5, 5.41) is 5.81. The van der Waals surface area contributed by atoms with Gasteiger partial charge in [-0.15, -0.1) is 11.3 Å². The maximum atomic E-state index is 13.1. The third kappa shape index (κ3) is 4.59. The van der Waals surface area contributed by atoms with Gasteiger partial charge in [0, 0.05) is 24.0 Å². The van der Waals surface area contributed by atoms with Crippen molar-refractivity contribution in [3.8, 4) is 11.5 Å². The molecule has 1 aromatic carbocycles. The predicted molar refractivity (Wildman–Crippen MR) is 111 cm³/mol. The smallest absolute Gasteiger partial charge is 0.253 e. The predicted octanol–water partition coefficient (Wildman–Crippen LogP) is 4.02. The summed E-state index contributed by atoms with van der Waals surface area (Å²) in [6.45, 7) is 3.16. The lowest BCUT2D eigenvalue weighted by atomic mass is 9.96. The molecule has 30 heavy (non-hydrogen) atoms. The summed E-state index contributed by atoms with van der Waals surface area (Å²) in [5.41, 5.74) is 1.22. The highest BCUT2D eigenvalue weighted by Gasteiger charge is 2.29. The number of likely N-dealkylation sites (tertiary alicyclic amines) is 1. The number of nitrogens with zero attached hydrogens (tertiary/aromatic N) is 2. The third-order valence-corrected chi connectivity index (χ3v) is 5.91. The lowest BCUT2D eigenvalue weighted by molar-refractivity contribution is -0.126. The molecule has 0 bridgehead atoms. The van der Waals surface area contributed by atoms with Gasteiger partial charge in [-0.05, 0) is 56.2 Å². The van der Waals surface area contributed by atoms with Gasteiger partial charge in [0.1, 0.15) is 17.3 Å². The number of aryl methyl sites for hydroxylation is 1. The van der Waals surface area contributed by atoms with Crippen molar-refractivity contribution in [2.45, 2.75) is 26.3 Å². The summed E-state index contributed by atoms with van der Waals surface area (Å²) in [6, 6.07) is 9.16. The van der Waals surface area contributed by atoms with E-state index in [1.165, 1.54) is 24.3 Å². The molecular weight excluding hydrogens is 405 g/mol. The van der Waals surface area contributed by atoms with E-state index in [0.717, 1.165) is 23.5 Å². The second-order valence-corrected chi connectivity index (χ2v) is 8.39. The zero-order valence-electron chi connectivity index (χ0n) is 16.6. The molecule has 0 spiro atoms. The Morgan fingerprint density at radius 2 is 2.07 bits per heavy atom. The average Bonchev–Trinajstić information content (AvgIpc) is 3.41. The molecule has 2 amide bonds. The van der Waals surface area contributed by atoms with Gasteiger partial charge in [-0.25, -0.2) is 9.37 Å². The van der Waals surface area contributed by atoms with Crippen LogP contribution in [0, 0.1) is 18.7 Å². The molecule has 3 aromatic rings. The number of amides is 2. The Morgan fingerprint density at radius 1 is 1.27 bits per heavy atom. The van der Waals surface area contributed by atoms with E-state index in [-0.39, 0.29) is 30.1 Å². The van der Waals surface area contributed by atoms with E-state index in [1.54, 1.807) is 16.2 Å². The van der Waals surface area contributed by atoms with Crippen molar-refractivity contribution in [2.24, 2.45) is 5.92 Å². The number of thiazole rings is 1. The molecule has 0 saturated carbocycles. The molecule has 8 heteroatoms. The van der Waals surface area contributed by atoms with Gasteiger partial charge in [0.05, 0.1) is 17.5 Å². The molecule has 4 rings (SSSR count). The maximum absolute atomic E-state index is 13.1. The van der Waals surface area contributed by atoms with Crippen LogP contribution in [0.3, 0.4) is 0 Å². The lowest BCUT2D eigenvalue weighted by Gasteiger charge is -2.32. The Morgan fingerprint density at radius 3 is 2.80 bits per heavy atom. The molecule has 1 fully saturated rings. The number of hydrogen-bond donors (Lipinski definition) is 1. The molecule has 1 atom stereocenters. The van der Waals surface area contributed by atoms with Crippen molar-refractivity contribution >= 4 is 23.2 Å². The van der Waals surface area contributed by atoms with Crippen LogP contribution in [0.5, 0.6) is 0 Å². The molecule has 6 nitrogen and oxygen atoms in total. The number of rotatable bonds is 5. The first kappa shape index (κ1) is 20.3. The number of piperidine rings is 1.